The normalized spacial score (nSPS) is 27.8. The number of aliphatic carboxylic acids is 1. The van der Waals surface area contributed by atoms with Gasteiger partial charge in [0.1, 0.15) is 6.04 Å². The smallest absolute Gasteiger partial charge is 0.391 e. The summed E-state index contributed by atoms with van der Waals surface area (Å²) in [7, 11) is 0. The Labute approximate surface area is 98.4 Å². The van der Waals surface area contributed by atoms with Gasteiger partial charge in [0.25, 0.3) is 0 Å². The maximum Gasteiger partial charge on any atom is 0.391 e. The molecule has 3 unspecified atom stereocenters. The first-order chi connectivity index (χ1) is 7.84. The van der Waals surface area contributed by atoms with Crippen molar-refractivity contribution >= 4 is 5.97 Å². The van der Waals surface area contributed by atoms with E-state index in [0.29, 0.717) is 19.3 Å². The zero-order valence-corrected chi connectivity index (χ0v) is 9.76. The lowest BCUT2D eigenvalue weighted by atomic mass is 9.85. The summed E-state index contributed by atoms with van der Waals surface area (Å²) in [5.41, 5.74) is 0. The molecule has 100 valence electrons. The van der Waals surface area contributed by atoms with Gasteiger partial charge in [-0.3, -0.25) is 4.79 Å². The predicted molar refractivity (Wildman–Crippen MR) is 56.7 cm³/mol. The predicted octanol–water partition coefficient (Wildman–Crippen LogP) is 2.56. The number of hydrogen-bond donors (Lipinski definition) is 2. The monoisotopic (exact) mass is 253 g/mol. The van der Waals surface area contributed by atoms with Crippen molar-refractivity contribution in [3.63, 3.8) is 0 Å². The zero-order valence-electron chi connectivity index (χ0n) is 9.76. The maximum absolute atomic E-state index is 12.5. The van der Waals surface area contributed by atoms with E-state index in [-0.39, 0.29) is 18.9 Å². The second kappa shape index (κ2) is 5.71. The second-order valence-corrected chi connectivity index (χ2v) is 4.57. The Kier molecular flexibility index (Phi) is 4.80. The van der Waals surface area contributed by atoms with Gasteiger partial charge in [-0.15, -0.1) is 0 Å². The van der Waals surface area contributed by atoms with Crippen LogP contribution < -0.4 is 5.32 Å². The van der Waals surface area contributed by atoms with Crippen molar-refractivity contribution in [3.05, 3.63) is 0 Å². The molecule has 1 fully saturated rings. The first-order valence-electron chi connectivity index (χ1n) is 5.90. The number of halogens is 3. The summed E-state index contributed by atoms with van der Waals surface area (Å²) in [5.74, 6) is -2.29. The van der Waals surface area contributed by atoms with Crippen LogP contribution in [0, 0.1) is 5.92 Å². The van der Waals surface area contributed by atoms with Crippen molar-refractivity contribution in [1.29, 1.82) is 0 Å². The van der Waals surface area contributed by atoms with Crippen LogP contribution in [0.2, 0.25) is 0 Å². The molecule has 0 aliphatic heterocycles. The molecule has 0 heterocycles. The summed E-state index contributed by atoms with van der Waals surface area (Å²) in [6.07, 6.45) is -2.51. The molecule has 17 heavy (non-hydrogen) atoms. The third-order valence-corrected chi connectivity index (χ3v) is 3.28. The Hall–Kier alpha value is -0.780. The van der Waals surface area contributed by atoms with Crippen LogP contribution in [0.15, 0.2) is 0 Å². The third kappa shape index (κ3) is 4.18. The molecule has 3 nitrogen and oxygen atoms in total. The third-order valence-electron chi connectivity index (χ3n) is 3.28. The van der Waals surface area contributed by atoms with Gasteiger partial charge >= 0.3 is 12.1 Å². The van der Waals surface area contributed by atoms with E-state index in [2.05, 4.69) is 5.32 Å². The topological polar surface area (TPSA) is 49.3 Å². The number of rotatable bonds is 4. The second-order valence-electron chi connectivity index (χ2n) is 4.57. The van der Waals surface area contributed by atoms with Crippen LogP contribution in [0.4, 0.5) is 13.2 Å². The highest BCUT2D eigenvalue weighted by Crippen LogP contribution is 2.37. The van der Waals surface area contributed by atoms with Gasteiger partial charge in [-0.05, 0) is 25.7 Å². The largest absolute Gasteiger partial charge is 0.480 e. The van der Waals surface area contributed by atoms with Crippen LogP contribution in [0.1, 0.15) is 39.0 Å². The Morgan fingerprint density at radius 1 is 1.47 bits per heavy atom. The lowest BCUT2D eigenvalue weighted by molar-refractivity contribution is -0.183. The molecule has 0 spiro atoms. The van der Waals surface area contributed by atoms with Gasteiger partial charge in [0.15, 0.2) is 0 Å². The molecule has 1 saturated carbocycles. The number of nitrogens with one attached hydrogen (secondary N) is 1. The minimum absolute atomic E-state index is 0.00667. The number of carboxylic acid groups (broad SMARTS) is 1. The molecule has 3 atom stereocenters. The Balaban J connectivity index is 2.52. The van der Waals surface area contributed by atoms with Crippen LogP contribution in [-0.2, 0) is 4.79 Å². The molecule has 0 aromatic rings. The van der Waals surface area contributed by atoms with Crippen molar-refractivity contribution in [1.82, 2.24) is 5.32 Å². The molecule has 0 saturated heterocycles. The Morgan fingerprint density at radius 2 is 2.12 bits per heavy atom. The van der Waals surface area contributed by atoms with E-state index in [4.69, 9.17) is 5.11 Å². The maximum atomic E-state index is 12.5. The van der Waals surface area contributed by atoms with Gasteiger partial charge in [-0.25, -0.2) is 0 Å². The molecule has 1 aliphatic carbocycles. The number of alkyl halides is 3. The summed E-state index contributed by atoms with van der Waals surface area (Å²) in [4.78, 5) is 10.8. The molecule has 0 amide bonds. The minimum atomic E-state index is -4.16. The zero-order chi connectivity index (χ0) is 13.1. The Bertz CT molecular complexity index is 268. The van der Waals surface area contributed by atoms with Gasteiger partial charge in [0, 0.05) is 6.04 Å². The molecule has 0 bridgehead atoms. The molecule has 1 aliphatic rings. The van der Waals surface area contributed by atoms with Crippen molar-refractivity contribution in [3.8, 4) is 0 Å². The average Bonchev–Trinajstić information content (AvgIpc) is 2.24. The van der Waals surface area contributed by atoms with Gasteiger partial charge in [0.2, 0.25) is 0 Å². The van der Waals surface area contributed by atoms with Crippen LogP contribution in [0.3, 0.4) is 0 Å². The lowest BCUT2D eigenvalue weighted by Gasteiger charge is -2.32. The summed E-state index contributed by atoms with van der Waals surface area (Å²) in [5, 5.41) is 11.7. The van der Waals surface area contributed by atoms with Crippen molar-refractivity contribution in [2.24, 2.45) is 5.92 Å². The summed E-state index contributed by atoms with van der Waals surface area (Å²) < 4.78 is 37.6. The van der Waals surface area contributed by atoms with E-state index in [0.717, 1.165) is 0 Å². The van der Waals surface area contributed by atoms with Gasteiger partial charge in [0.05, 0.1) is 5.92 Å². The SMILES string of the molecule is CCC(NC1CCCC(C(F)(F)F)C1)C(=O)O. The molecule has 0 aromatic carbocycles. The van der Waals surface area contributed by atoms with E-state index in [1.54, 1.807) is 6.92 Å². The molecule has 2 N–H and O–H groups in total. The van der Waals surface area contributed by atoms with Crippen molar-refractivity contribution in [2.75, 3.05) is 0 Å². The highest BCUT2D eigenvalue weighted by Gasteiger charge is 2.42. The first-order valence-corrected chi connectivity index (χ1v) is 5.90. The lowest BCUT2D eigenvalue weighted by Crippen LogP contribution is -2.46. The number of carbonyl (C=O) groups is 1. The number of hydrogen-bond acceptors (Lipinski definition) is 2. The summed E-state index contributed by atoms with van der Waals surface area (Å²) >= 11 is 0. The quantitative estimate of drug-likeness (QED) is 0.809. The van der Waals surface area contributed by atoms with E-state index in [1.165, 1.54) is 0 Å². The molecule has 0 aromatic heterocycles. The first kappa shape index (κ1) is 14.3. The van der Waals surface area contributed by atoms with Crippen molar-refractivity contribution < 1.29 is 23.1 Å². The minimum Gasteiger partial charge on any atom is -0.480 e. The highest BCUT2D eigenvalue weighted by molar-refractivity contribution is 5.73. The fourth-order valence-electron chi connectivity index (χ4n) is 2.29. The van der Waals surface area contributed by atoms with Gasteiger partial charge in [-0.2, -0.15) is 13.2 Å². The van der Waals surface area contributed by atoms with Crippen LogP contribution in [0.5, 0.6) is 0 Å². The number of carboxylic acids is 1. The molecule has 0 radical (unpaired) electrons. The van der Waals surface area contributed by atoms with Crippen LogP contribution >= 0.6 is 0 Å². The molecular weight excluding hydrogens is 235 g/mol. The summed E-state index contributed by atoms with van der Waals surface area (Å²) in [6.45, 7) is 1.70. The van der Waals surface area contributed by atoms with Gasteiger partial charge in [-0.1, -0.05) is 13.3 Å². The van der Waals surface area contributed by atoms with E-state index in [1.807, 2.05) is 0 Å². The van der Waals surface area contributed by atoms with Crippen LogP contribution in [-0.4, -0.2) is 29.3 Å². The molecule has 1 rings (SSSR count). The molecule has 6 heteroatoms. The van der Waals surface area contributed by atoms with Crippen LogP contribution in [0.25, 0.3) is 0 Å². The highest BCUT2D eigenvalue weighted by atomic mass is 19.4. The average molecular weight is 253 g/mol. The van der Waals surface area contributed by atoms with Gasteiger partial charge < -0.3 is 10.4 Å². The standard InChI is InChI=1S/C11H18F3NO2/c1-2-9(10(16)17)15-8-5-3-4-7(6-8)11(12,13)14/h7-9,15H,2-6H2,1H3,(H,16,17). The van der Waals surface area contributed by atoms with E-state index < -0.39 is 24.1 Å². The fraction of sp³-hybridized carbons (Fsp3) is 0.909. The van der Waals surface area contributed by atoms with E-state index in [9.17, 15) is 18.0 Å². The van der Waals surface area contributed by atoms with E-state index >= 15 is 0 Å². The Morgan fingerprint density at radius 3 is 2.59 bits per heavy atom. The molecular formula is C11H18F3NO2. The fourth-order valence-corrected chi connectivity index (χ4v) is 2.29. The summed E-state index contributed by atoms with van der Waals surface area (Å²) in [6, 6.07) is -1.08. The van der Waals surface area contributed by atoms with Crippen molar-refractivity contribution in [2.45, 2.75) is 57.3 Å².